The normalized spacial score (nSPS) is 18.2. The predicted molar refractivity (Wildman–Crippen MR) is 66.8 cm³/mol. The van der Waals surface area contributed by atoms with Crippen molar-refractivity contribution in [3.8, 4) is 0 Å². The van der Waals surface area contributed by atoms with E-state index in [9.17, 15) is 0 Å². The molecule has 96 valence electrons. The van der Waals surface area contributed by atoms with Gasteiger partial charge >= 0.3 is 0 Å². The standard InChI is InChI=1S/C13H22N2O2/c1-2-14-9-12-8-13(17-11-12)10-15-4-3-6-16-7-5-15/h8,11,14H,2-7,9-10H2,1H3. The van der Waals surface area contributed by atoms with Gasteiger partial charge in [0.1, 0.15) is 5.76 Å². The van der Waals surface area contributed by atoms with Crippen LogP contribution >= 0.6 is 0 Å². The Labute approximate surface area is 103 Å². The van der Waals surface area contributed by atoms with Crippen molar-refractivity contribution in [1.29, 1.82) is 0 Å². The van der Waals surface area contributed by atoms with Gasteiger partial charge in [0.05, 0.1) is 19.4 Å². The molecule has 1 aromatic rings. The monoisotopic (exact) mass is 238 g/mol. The van der Waals surface area contributed by atoms with Gasteiger partial charge in [-0.1, -0.05) is 6.92 Å². The maximum atomic E-state index is 5.58. The lowest BCUT2D eigenvalue weighted by Crippen LogP contribution is -2.25. The van der Waals surface area contributed by atoms with Crippen LogP contribution in [0.25, 0.3) is 0 Å². The fourth-order valence-corrected chi connectivity index (χ4v) is 2.05. The molecule has 0 aliphatic carbocycles. The van der Waals surface area contributed by atoms with E-state index in [2.05, 4.69) is 23.2 Å². The Balaban J connectivity index is 1.82. The quantitative estimate of drug-likeness (QED) is 0.845. The molecule has 17 heavy (non-hydrogen) atoms. The van der Waals surface area contributed by atoms with E-state index >= 15 is 0 Å². The third-order valence-corrected chi connectivity index (χ3v) is 2.98. The fraction of sp³-hybridized carbons (Fsp3) is 0.692. The Kier molecular flexibility index (Phi) is 5.04. The van der Waals surface area contributed by atoms with Gasteiger partial charge in [0.2, 0.25) is 0 Å². The molecular weight excluding hydrogens is 216 g/mol. The van der Waals surface area contributed by atoms with Crippen molar-refractivity contribution in [3.05, 3.63) is 23.7 Å². The molecule has 0 atom stereocenters. The van der Waals surface area contributed by atoms with Crippen LogP contribution in [0, 0.1) is 0 Å². The predicted octanol–water partition coefficient (Wildman–Crippen LogP) is 1.61. The van der Waals surface area contributed by atoms with Gasteiger partial charge in [-0.25, -0.2) is 0 Å². The third kappa shape index (κ3) is 4.15. The van der Waals surface area contributed by atoms with E-state index in [1.165, 1.54) is 5.56 Å². The number of ether oxygens (including phenoxy) is 1. The summed E-state index contributed by atoms with van der Waals surface area (Å²) in [5, 5.41) is 3.30. The van der Waals surface area contributed by atoms with Crippen molar-refractivity contribution in [2.24, 2.45) is 0 Å². The molecule has 0 aromatic carbocycles. The van der Waals surface area contributed by atoms with Crippen molar-refractivity contribution < 1.29 is 9.15 Å². The van der Waals surface area contributed by atoms with Gasteiger partial charge in [-0.15, -0.1) is 0 Å². The summed E-state index contributed by atoms with van der Waals surface area (Å²) in [7, 11) is 0. The van der Waals surface area contributed by atoms with E-state index in [4.69, 9.17) is 9.15 Å². The molecule has 2 heterocycles. The highest BCUT2D eigenvalue weighted by Crippen LogP contribution is 2.11. The molecule has 0 amide bonds. The Hall–Kier alpha value is -0.840. The van der Waals surface area contributed by atoms with E-state index in [1.54, 1.807) is 0 Å². The Morgan fingerprint density at radius 1 is 1.35 bits per heavy atom. The lowest BCUT2D eigenvalue weighted by molar-refractivity contribution is 0.139. The molecule has 2 rings (SSSR count). The van der Waals surface area contributed by atoms with E-state index in [-0.39, 0.29) is 0 Å². The zero-order valence-corrected chi connectivity index (χ0v) is 10.6. The summed E-state index contributed by atoms with van der Waals surface area (Å²) in [6, 6.07) is 2.15. The van der Waals surface area contributed by atoms with Crippen LogP contribution in [0.4, 0.5) is 0 Å². The molecular formula is C13H22N2O2. The molecule has 0 bridgehead atoms. The summed E-state index contributed by atoms with van der Waals surface area (Å²) in [5.41, 5.74) is 1.23. The molecule has 1 aliphatic heterocycles. The first-order valence-corrected chi connectivity index (χ1v) is 6.45. The lowest BCUT2D eigenvalue weighted by atomic mass is 10.3. The number of rotatable bonds is 5. The first kappa shape index (κ1) is 12.6. The van der Waals surface area contributed by atoms with Gasteiger partial charge < -0.3 is 14.5 Å². The second kappa shape index (κ2) is 6.79. The molecule has 1 aromatic heterocycles. The van der Waals surface area contributed by atoms with Crippen molar-refractivity contribution in [1.82, 2.24) is 10.2 Å². The van der Waals surface area contributed by atoms with Crippen LogP contribution in [-0.2, 0) is 17.8 Å². The molecule has 1 saturated heterocycles. The topological polar surface area (TPSA) is 37.6 Å². The number of nitrogens with one attached hydrogen (secondary N) is 1. The van der Waals surface area contributed by atoms with Gasteiger partial charge in [0.15, 0.2) is 0 Å². The van der Waals surface area contributed by atoms with Crippen molar-refractivity contribution in [3.63, 3.8) is 0 Å². The van der Waals surface area contributed by atoms with E-state index < -0.39 is 0 Å². The number of hydrogen-bond donors (Lipinski definition) is 1. The van der Waals surface area contributed by atoms with Crippen molar-refractivity contribution in [2.45, 2.75) is 26.4 Å². The van der Waals surface area contributed by atoms with Gasteiger partial charge in [0, 0.05) is 31.8 Å². The number of hydrogen-bond acceptors (Lipinski definition) is 4. The highest BCUT2D eigenvalue weighted by atomic mass is 16.5. The molecule has 4 heteroatoms. The van der Waals surface area contributed by atoms with Crippen LogP contribution in [0.15, 0.2) is 16.7 Å². The Morgan fingerprint density at radius 3 is 3.18 bits per heavy atom. The third-order valence-electron chi connectivity index (χ3n) is 2.98. The van der Waals surface area contributed by atoms with Crippen LogP contribution in [0.3, 0.4) is 0 Å². The number of furan rings is 1. The van der Waals surface area contributed by atoms with Gasteiger partial charge in [-0.05, 0) is 19.0 Å². The first-order valence-electron chi connectivity index (χ1n) is 6.45. The minimum Gasteiger partial charge on any atom is -0.468 e. The van der Waals surface area contributed by atoms with E-state index in [1.807, 2.05) is 6.26 Å². The fourth-order valence-electron chi connectivity index (χ4n) is 2.05. The smallest absolute Gasteiger partial charge is 0.118 e. The average molecular weight is 238 g/mol. The summed E-state index contributed by atoms with van der Waals surface area (Å²) >= 11 is 0. The Morgan fingerprint density at radius 2 is 2.29 bits per heavy atom. The van der Waals surface area contributed by atoms with Crippen molar-refractivity contribution >= 4 is 0 Å². The summed E-state index contributed by atoms with van der Waals surface area (Å²) in [5.74, 6) is 1.06. The summed E-state index contributed by atoms with van der Waals surface area (Å²) in [4.78, 5) is 2.39. The molecule has 0 spiro atoms. The maximum absolute atomic E-state index is 5.58. The SMILES string of the molecule is CCNCc1coc(CN2CCCOCC2)c1. The molecule has 4 nitrogen and oxygen atoms in total. The molecule has 1 aliphatic rings. The minimum atomic E-state index is 0.838. The maximum Gasteiger partial charge on any atom is 0.118 e. The summed E-state index contributed by atoms with van der Waals surface area (Å²) < 4.78 is 11.0. The highest BCUT2D eigenvalue weighted by molar-refractivity contribution is 5.12. The molecule has 1 fully saturated rings. The molecule has 1 N–H and O–H groups in total. The first-order chi connectivity index (χ1) is 8.38. The number of nitrogens with zero attached hydrogens (tertiary/aromatic N) is 1. The van der Waals surface area contributed by atoms with Gasteiger partial charge in [-0.3, -0.25) is 4.90 Å². The summed E-state index contributed by atoms with van der Waals surface area (Å²) in [6.07, 6.45) is 2.97. The van der Waals surface area contributed by atoms with Crippen LogP contribution in [0.2, 0.25) is 0 Å². The zero-order chi connectivity index (χ0) is 11.9. The zero-order valence-electron chi connectivity index (χ0n) is 10.6. The Bertz CT molecular complexity index is 317. The van der Waals surface area contributed by atoms with Crippen LogP contribution in [0.1, 0.15) is 24.7 Å². The summed E-state index contributed by atoms with van der Waals surface area (Å²) in [6.45, 7) is 8.72. The molecule has 0 saturated carbocycles. The van der Waals surface area contributed by atoms with Crippen LogP contribution in [-0.4, -0.2) is 37.7 Å². The lowest BCUT2D eigenvalue weighted by Gasteiger charge is -2.16. The van der Waals surface area contributed by atoms with Gasteiger partial charge in [0.25, 0.3) is 0 Å². The average Bonchev–Trinajstić information content (AvgIpc) is 2.61. The molecule has 0 unspecified atom stereocenters. The largest absolute Gasteiger partial charge is 0.468 e. The van der Waals surface area contributed by atoms with E-state index in [0.29, 0.717) is 0 Å². The van der Waals surface area contributed by atoms with Gasteiger partial charge in [-0.2, -0.15) is 0 Å². The van der Waals surface area contributed by atoms with Crippen LogP contribution < -0.4 is 5.32 Å². The van der Waals surface area contributed by atoms with Crippen LogP contribution in [0.5, 0.6) is 0 Å². The van der Waals surface area contributed by atoms with Crippen molar-refractivity contribution in [2.75, 3.05) is 32.8 Å². The minimum absolute atomic E-state index is 0.838. The highest BCUT2D eigenvalue weighted by Gasteiger charge is 2.11. The molecule has 0 radical (unpaired) electrons. The second-order valence-electron chi connectivity index (χ2n) is 4.44. The second-order valence-corrected chi connectivity index (χ2v) is 4.44. The van der Waals surface area contributed by atoms with E-state index in [0.717, 1.165) is 58.1 Å².